The maximum atomic E-state index is 11.9. The van der Waals surface area contributed by atoms with Gasteiger partial charge >= 0.3 is 0 Å². The number of carbonyl (C=O) groups excluding carboxylic acids is 1. The van der Waals surface area contributed by atoms with Crippen molar-refractivity contribution in [2.75, 3.05) is 0 Å². The van der Waals surface area contributed by atoms with Crippen LogP contribution in [0.15, 0.2) is 60.7 Å². The van der Waals surface area contributed by atoms with Crippen LogP contribution in [0.2, 0.25) is 0 Å². The van der Waals surface area contributed by atoms with E-state index >= 15 is 0 Å². The van der Waals surface area contributed by atoms with Crippen molar-refractivity contribution in [3.63, 3.8) is 0 Å². The zero-order valence-corrected chi connectivity index (χ0v) is 9.71. The fraction of sp³-hybridized carbons (Fsp3) is 0. The van der Waals surface area contributed by atoms with Crippen LogP contribution >= 0.6 is 0 Å². The van der Waals surface area contributed by atoms with E-state index in [1.807, 2.05) is 36.4 Å². The van der Waals surface area contributed by atoms with Gasteiger partial charge in [0, 0.05) is 5.56 Å². The molecule has 0 aliphatic carbocycles. The summed E-state index contributed by atoms with van der Waals surface area (Å²) in [5.41, 5.74) is 2.00. The minimum absolute atomic E-state index is 0.101. The molecule has 0 atom stereocenters. The number of carbonyl (C=O) groups is 1. The standard InChI is InChI=1S/C16H11NO/c17-12-14-7-4-8-15(11-14)16(18)10-9-13-5-2-1-3-6-13/h1-11H/b10-9+. The first-order valence-electron chi connectivity index (χ1n) is 5.57. The van der Waals surface area contributed by atoms with Crippen LogP contribution in [0.25, 0.3) is 6.08 Å². The number of hydrogen-bond donors (Lipinski definition) is 0. The Kier molecular flexibility index (Phi) is 3.68. The lowest BCUT2D eigenvalue weighted by molar-refractivity contribution is 0.104. The van der Waals surface area contributed by atoms with Crippen molar-refractivity contribution in [3.05, 3.63) is 77.4 Å². The van der Waals surface area contributed by atoms with Crippen LogP contribution in [-0.2, 0) is 0 Å². The van der Waals surface area contributed by atoms with Crippen molar-refractivity contribution < 1.29 is 4.79 Å². The Morgan fingerprint density at radius 2 is 1.83 bits per heavy atom. The smallest absolute Gasteiger partial charge is 0.185 e. The minimum Gasteiger partial charge on any atom is -0.289 e. The fourth-order valence-corrected chi connectivity index (χ4v) is 1.57. The number of rotatable bonds is 3. The molecule has 0 heterocycles. The van der Waals surface area contributed by atoms with Gasteiger partial charge in [-0.3, -0.25) is 4.79 Å². The van der Waals surface area contributed by atoms with Crippen molar-refractivity contribution in [2.24, 2.45) is 0 Å². The van der Waals surface area contributed by atoms with E-state index in [1.54, 1.807) is 30.3 Å². The van der Waals surface area contributed by atoms with E-state index in [-0.39, 0.29) is 5.78 Å². The van der Waals surface area contributed by atoms with Gasteiger partial charge in [-0.2, -0.15) is 5.26 Å². The molecule has 0 bridgehead atoms. The van der Waals surface area contributed by atoms with Crippen molar-refractivity contribution in [3.8, 4) is 6.07 Å². The molecule has 0 amide bonds. The first-order chi connectivity index (χ1) is 8.79. The van der Waals surface area contributed by atoms with Crippen LogP contribution in [0.5, 0.6) is 0 Å². The maximum Gasteiger partial charge on any atom is 0.185 e. The molecule has 2 nitrogen and oxygen atoms in total. The van der Waals surface area contributed by atoms with Gasteiger partial charge in [0.05, 0.1) is 11.6 Å². The molecule has 86 valence electrons. The quantitative estimate of drug-likeness (QED) is 0.601. The van der Waals surface area contributed by atoms with E-state index in [4.69, 9.17) is 5.26 Å². The maximum absolute atomic E-state index is 11.9. The molecule has 2 heteroatoms. The third kappa shape index (κ3) is 2.93. The average Bonchev–Trinajstić information content (AvgIpc) is 2.46. The van der Waals surface area contributed by atoms with Gasteiger partial charge in [-0.15, -0.1) is 0 Å². The SMILES string of the molecule is N#Cc1cccc(C(=O)/C=C/c2ccccc2)c1. The Morgan fingerprint density at radius 3 is 2.56 bits per heavy atom. The van der Waals surface area contributed by atoms with Crippen LogP contribution in [-0.4, -0.2) is 5.78 Å². The molecule has 0 aliphatic heterocycles. The molecular weight excluding hydrogens is 222 g/mol. The molecule has 2 rings (SSSR count). The van der Waals surface area contributed by atoms with Crippen LogP contribution in [0.3, 0.4) is 0 Å². The first kappa shape index (κ1) is 11.8. The first-order valence-corrected chi connectivity index (χ1v) is 5.57. The van der Waals surface area contributed by atoms with Gasteiger partial charge in [0.25, 0.3) is 0 Å². The molecule has 2 aromatic carbocycles. The minimum atomic E-state index is -0.101. The summed E-state index contributed by atoms with van der Waals surface area (Å²) < 4.78 is 0. The highest BCUT2D eigenvalue weighted by Gasteiger charge is 2.02. The summed E-state index contributed by atoms with van der Waals surface area (Å²) in [5, 5.41) is 8.77. The molecule has 0 aliphatic rings. The van der Waals surface area contributed by atoms with Gasteiger partial charge in [0.15, 0.2) is 5.78 Å². The highest BCUT2D eigenvalue weighted by atomic mass is 16.1. The van der Waals surface area contributed by atoms with E-state index in [1.165, 1.54) is 6.08 Å². The molecule has 18 heavy (non-hydrogen) atoms. The third-order valence-corrected chi connectivity index (χ3v) is 2.50. The summed E-state index contributed by atoms with van der Waals surface area (Å²) in [6.45, 7) is 0. The monoisotopic (exact) mass is 233 g/mol. The van der Waals surface area contributed by atoms with E-state index in [2.05, 4.69) is 0 Å². The van der Waals surface area contributed by atoms with Gasteiger partial charge in [-0.25, -0.2) is 0 Å². The lowest BCUT2D eigenvalue weighted by atomic mass is 10.1. The number of ketones is 1. The fourth-order valence-electron chi connectivity index (χ4n) is 1.57. The van der Waals surface area contributed by atoms with Gasteiger partial charge < -0.3 is 0 Å². The average molecular weight is 233 g/mol. The molecule has 0 unspecified atom stereocenters. The topological polar surface area (TPSA) is 40.9 Å². The number of hydrogen-bond acceptors (Lipinski definition) is 2. The molecule has 0 aromatic heterocycles. The zero-order chi connectivity index (χ0) is 12.8. The zero-order valence-electron chi connectivity index (χ0n) is 9.71. The molecule has 2 aromatic rings. The number of benzene rings is 2. The van der Waals surface area contributed by atoms with Crippen LogP contribution in [0.1, 0.15) is 21.5 Å². The molecule has 0 spiro atoms. The Bertz CT molecular complexity index is 621. The van der Waals surface area contributed by atoms with Crippen LogP contribution < -0.4 is 0 Å². The molecule has 0 saturated heterocycles. The summed E-state index contributed by atoms with van der Waals surface area (Å²) in [6.07, 6.45) is 3.28. The van der Waals surface area contributed by atoms with Gasteiger partial charge in [0.1, 0.15) is 0 Å². The largest absolute Gasteiger partial charge is 0.289 e. The molecule has 0 radical (unpaired) electrons. The van der Waals surface area contributed by atoms with E-state index in [9.17, 15) is 4.79 Å². The van der Waals surface area contributed by atoms with Crippen molar-refractivity contribution in [1.82, 2.24) is 0 Å². The van der Waals surface area contributed by atoms with Crippen LogP contribution in [0.4, 0.5) is 0 Å². The van der Waals surface area contributed by atoms with Gasteiger partial charge in [-0.1, -0.05) is 48.5 Å². The Morgan fingerprint density at radius 1 is 1.06 bits per heavy atom. The normalized spacial score (nSPS) is 10.2. The van der Waals surface area contributed by atoms with Gasteiger partial charge in [0.2, 0.25) is 0 Å². The second-order valence-corrected chi connectivity index (χ2v) is 3.80. The Labute approximate surface area is 106 Å². The highest BCUT2D eigenvalue weighted by Crippen LogP contribution is 2.08. The lowest BCUT2D eigenvalue weighted by Gasteiger charge is -1.96. The number of nitriles is 1. The second kappa shape index (κ2) is 5.60. The molecular formula is C16H11NO. The highest BCUT2D eigenvalue weighted by molar-refractivity contribution is 6.06. The van der Waals surface area contributed by atoms with Crippen molar-refractivity contribution in [1.29, 1.82) is 5.26 Å². The van der Waals surface area contributed by atoms with Gasteiger partial charge in [-0.05, 0) is 23.8 Å². The summed E-state index contributed by atoms with van der Waals surface area (Å²) >= 11 is 0. The summed E-state index contributed by atoms with van der Waals surface area (Å²) in [6, 6.07) is 18.3. The van der Waals surface area contributed by atoms with E-state index < -0.39 is 0 Å². The lowest BCUT2D eigenvalue weighted by Crippen LogP contribution is -1.94. The third-order valence-electron chi connectivity index (χ3n) is 2.50. The summed E-state index contributed by atoms with van der Waals surface area (Å²) in [7, 11) is 0. The van der Waals surface area contributed by atoms with E-state index in [0.717, 1.165) is 5.56 Å². The van der Waals surface area contributed by atoms with E-state index in [0.29, 0.717) is 11.1 Å². The Balaban J connectivity index is 2.18. The second-order valence-electron chi connectivity index (χ2n) is 3.80. The molecule has 0 fully saturated rings. The number of allylic oxidation sites excluding steroid dienone is 1. The summed E-state index contributed by atoms with van der Waals surface area (Å²) in [5.74, 6) is -0.101. The van der Waals surface area contributed by atoms with Crippen LogP contribution in [0, 0.1) is 11.3 Å². The van der Waals surface area contributed by atoms with Crippen molar-refractivity contribution in [2.45, 2.75) is 0 Å². The Hall–Kier alpha value is -2.66. The molecule has 0 saturated carbocycles. The predicted molar refractivity (Wildman–Crippen MR) is 71.0 cm³/mol. The van der Waals surface area contributed by atoms with Crippen molar-refractivity contribution >= 4 is 11.9 Å². The number of nitrogens with zero attached hydrogens (tertiary/aromatic N) is 1. The molecule has 0 N–H and O–H groups in total. The predicted octanol–water partition coefficient (Wildman–Crippen LogP) is 3.45. The summed E-state index contributed by atoms with van der Waals surface area (Å²) in [4.78, 5) is 11.9.